The normalized spacial score (nSPS) is 24.4. The molecule has 0 atom stereocenters. The molecule has 0 unspecified atom stereocenters. The second-order valence-corrected chi connectivity index (χ2v) is 8.24. The number of aryl methyl sites for hydroxylation is 1. The van der Waals surface area contributed by atoms with Gasteiger partial charge in [0, 0.05) is 12.6 Å². The van der Waals surface area contributed by atoms with Gasteiger partial charge in [-0.05, 0) is 69.5 Å². The van der Waals surface area contributed by atoms with E-state index in [9.17, 15) is 9.18 Å². The van der Waals surface area contributed by atoms with Crippen molar-refractivity contribution >= 4 is 5.91 Å². The molecule has 148 valence electrons. The quantitative estimate of drug-likeness (QED) is 0.870. The Hall–Kier alpha value is -2.40. The summed E-state index contributed by atoms with van der Waals surface area (Å²) in [4.78, 5) is 14.8. The molecule has 2 aliphatic rings. The Morgan fingerprint density at radius 1 is 1.18 bits per heavy atom. The highest BCUT2D eigenvalue weighted by Crippen LogP contribution is 2.37. The van der Waals surface area contributed by atoms with Gasteiger partial charge < -0.3 is 10.1 Å². The summed E-state index contributed by atoms with van der Waals surface area (Å²) >= 11 is 0. The first-order valence-corrected chi connectivity index (χ1v) is 9.97. The average molecular weight is 382 g/mol. The van der Waals surface area contributed by atoms with Crippen LogP contribution < -0.4 is 10.1 Å². The van der Waals surface area contributed by atoms with E-state index in [4.69, 9.17) is 4.74 Å². The van der Waals surface area contributed by atoms with Crippen molar-refractivity contribution in [3.05, 3.63) is 65.0 Å². The van der Waals surface area contributed by atoms with Crippen LogP contribution in [0.25, 0.3) is 0 Å². The molecule has 28 heavy (non-hydrogen) atoms. The number of hydrogen-bond acceptors (Lipinski definition) is 3. The van der Waals surface area contributed by atoms with Gasteiger partial charge in [0.05, 0.1) is 12.1 Å². The van der Waals surface area contributed by atoms with Crippen molar-refractivity contribution in [2.75, 3.05) is 13.6 Å². The van der Waals surface area contributed by atoms with Crippen molar-refractivity contribution in [3.8, 4) is 5.75 Å². The smallest absolute Gasteiger partial charge is 0.255 e. The Morgan fingerprint density at radius 3 is 2.61 bits per heavy atom. The number of halogens is 1. The lowest BCUT2D eigenvalue weighted by Gasteiger charge is -2.42. The lowest BCUT2D eigenvalue weighted by molar-refractivity contribution is 0.00884. The van der Waals surface area contributed by atoms with Crippen LogP contribution in [0.15, 0.2) is 42.5 Å². The van der Waals surface area contributed by atoms with Gasteiger partial charge in [-0.2, -0.15) is 0 Å². The maximum atomic E-state index is 13.1. The number of amides is 1. The number of carbonyl (C=O) groups is 1. The number of nitrogens with zero attached hydrogens (tertiary/aromatic N) is 1. The van der Waals surface area contributed by atoms with E-state index in [0.29, 0.717) is 23.9 Å². The van der Waals surface area contributed by atoms with Crippen molar-refractivity contribution in [1.29, 1.82) is 0 Å². The molecule has 1 N–H and O–H groups in total. The topological polar surface area (TPSA) is 41.6 Å². The molecule has 2 aromatic carbocycles. The van der Waals surface area contributed by atoms with Crippen LogP contribution in [0, 0.1) is 12.7 Å². The van der Waals surface area contributed by atoms with Gasteiger partial charge >= 0.3 is 0 Å². The predicted octanol–water partition coefficient (Wildman–Crippen LogP) is 4.07. The molecule has 0 saturated heterocycles. The number of benzene rings is 2. The van der Waals surface area contributed by atoms with E-state index in [2.05, 4.69) is 17.3 Å². The Kier molecular flexibility index (Phi) is 5.11. The molecule has 4 nitrogen and oxygen atoms in total. The monoisotopic (exact) mass is 382 g/mol. The zero-order valence-corrected chi connectivity index (χ0v) is 16.5. The molecular weight excluding hydrogens is 355 g/mol. The zero-order chi connectivity index (χ0) is 19.7. The molecule has 2 aromatic rings. The lowest BCUT2D eigenvalue weighted by atomic mass is 9.81. The van der Waals surface area contributed by atoms with Gasteiger partial charge in [-0.25, -0.2) is 4.39 Å². The summed E-state index contributed by atoms with van der Waals surface area (Å²) in [7, 11) is 2.12. The number of ether oxygens (including phenoxy) is 1. The molecule has 0 radical (unpaired) electrons. The van der Waals surface area contributed by atoms with E-state index < -0.39 is 0 Å². The fourth-order valence-electron chi connectivity index (χ4n) is 4.37. The van der Waals surface area contributed by atoms with Gasteiger partial charge in [0.15, 0.2) is 0 Å². The van der Waals surface area contributed by atoms with E-state index in [1.54, 1.807) is 0 Å². The molecule has 1 saturated carbocycles. The number of fused-ring (bicyclic) bond motifs is 1. The standard InChI is InChI=1S/C23H27FN2O2/c1-16-3-8-21-20(13-16)22(27)25-15-23(28-21)11-9-19(10-12-23)26(2)14-17-4-6-18(24)7-5-17/h3-8,13,19H,9-12,14-15H2,1-2H3,(H,25,27). The second kappa shape index (κ2) is 7.55. The molecule has 1 fully saturated rings. The van der Waals surface area contributed by atoms with Crippen LogP contribution in [-0.2, 0) is 6.54 Å². The summed E-state index contributed by atoms with van der Waals surface area (Å²) in [6.45, 7) is 3.34. The first-order valence-electron chi connectivity index (χ1n) is 9.97. The number of rotatable bonds is 3. The van der Waals surface area contributed by atoms with Crippen LogP contribution in [0.5, 0.6) is 5.75 Å². The molecule has 4 rings (SSSR count). The first-order chi connectivity index (χ1) is 13.4. The van der Waals surface area contributed by atoms with Crippen molar-refractivity contribution in [1.82, 2.24) is 10.2 Å². The van der Waals surface area contributed by atoms with Gasteiger partial charge in [0.2, 0.25) is 0 Å². The van der Waals surface area contributed by atoms with E-state index in [1.807, 2.05) is 37.3 Å². The maximum Gasteiger partial charge on any atom is 0.255 e. The Labute approximate surface area is 165 Å². The van der Waals surface area contributed by atoms with E-state index in [-0.39, 0.29) is 17.3 Å². The summed E-state index contributed by atoms with van der Waals surface area (Å²) in [5.74, 6) is 0.443. The minimum Gasteiger partial charge on any atom is -0.485 e. The van der Waals surface area contributed by atoms with Crippen LogP contribution in [0.3, 0.4) is 0 Å². The molecule has 1 spiro atoms. The fraction of sp³-hybridized carbons (Fsp3) is 0.435. The highest BCUT2D eigenvalue weighted by molar-refractivity contribution is 5.97. The van der Waals surface area contributed by atoms with Crippen molar-refractivity contribution in [2.24, 2.45) is 0 Å². The Morgan fingerprint density at radius 2 is 1.89 bits per heavy atom. The van der Waals surface area contributed by atoms with Crippen LogP contribution >= 0.6 is 0 Å². The van der Waals surface area contributed by atoms with Crippen LogP contribution in [0.2, 0.25) is 0 Å². The summed E-state index contributed by atoms with van der Waals surface area (Å²) in [6, 6.07) is 13.0. The zero-order valence-electron chi connectivity index (χ0n) is 16.5. The lowest BCUT2D eigenvalue weighted by Crippen LogP contribution is -2.50. The predicted molar refractivity (Wildman–Crippen MR) is 107 cm³/mol. The van der Waals surface area contributed by atoms with Gasteiger partial charge in [-0.15, -0.1) is 0 Å². The SMILES string of the molecule is Cc1ccc2c(c1)C(=O)NCC1(CCC(N(C)Cc3ccc(F)cc3)CC1)O2. The summed E-state index contributed by atoms with van der Waals surface area (Å²) in [5.41, 5.74) is 2.47. The van der Waals surface area contributed by atoms with E-state index in [1.165, 1.54) is 12.1 Å². The number of carbonyl (C=O) groups excluding carboxylic acids is 1. The highest BCUT2D eigenvalue weighted by atomic mass is 19.1. The van der Waals surface area contributed by atoms with Crippen LogP contribution in [0.1, 0.15) is 47.2 Å². The maximum absolute atomic E-state index is 13.1. The summed E-state index contributed by atoms with van der Waals surface area (Å²) in [6.07, 6.45) is 3.82. The third-order valence-corrected chi connectivity index (χ3v) is 6.11. The largest absolute Gasteiger partial charge is 0.485 e. The second-order valence-electron chi connectivity index (χ2n) is 8.24. The van der Waals surface area contributed by atoms with Gasteiger partial charge in [-0.3, -0.25) is 9.69 Å². The number of nitrogens with one attached hydrogen (secondary N) is 1. The molecule has 0 aromatic heterocycles. The van der Waals surface area contributed by atoms with E-state index in [0.717, 1.165) is 43.4 Å². The Balaban J connectivity index is 1.42. The molecule has 1 aliphatic heterocycles. The van der Waals surface area contributed by atoms with E-state index >= 15 is 0 Å². The first kappa shape index (κ1) is 18.9. The molecule has 1 heterocycles. The van der Waals surface area contributed by atoms with Gasteiger partial charge in [0.1, 0.15) is 17.2 Å². The third-order valence-electron chi connectivity index (χ3n) is 6.11. The third kappa shape index (κ3) is 3.90. The van der Waals surface area contributed by atoms with Crippen molar-refractivity contribution < 1.29 is 13.9 Å². The Bertz CT molecular complexity index is 857. The van der Waals surface area contributed by atoms with Gasteiger partial charge in [-0.1, -0.05) is 23.8 Å². The number of hydrogen-bond donors (Lipinski definition) is 1. The van der Waals surface area contributed by atoms with Crippen molar-refractivity contribution in [3.63, 3.8) is 0 Å². The molecule has 5 heteroatoms. The summed E-state index contributed by atoms with van der Waals surface area (Å²) < 4.78 is 19.5. The molecule has 1 amide bonds. The minimum absolute atomic E-state index is 0.0499. The van der Waals surface area contributed by atoms with Gasteiger partial charge in [0.25, 0.3) is 5.91 Å². The van der Waals surface area contributed by atoms with Crippen LogP contribution in [0.4, 0.5) is 4.39 Å². The average Bonchev–Trinajstić information content (AvgIpc) is 2.82. The minimum atomic E-state index is -0.330. The summed E-state index contributed by atoms with van der Waals surface area (Å²) in [5, 5.41) is 3.06. The van der Waals surface area contributed by atoms with Crippen molar-refractivity contribution in [2.45, 2.75) is 50.8 Å². The highest BCUT2D eigenvalue weighted by Gasteiger charge is 2.41. The van der Waals surface area contributed by atoms with Crippen LogP contribution in [-0.4, -0.2) is 36.0 Å². The molecular formula is C23H27FN2O2. The molecule has 0 bridgehead atoms. The fourth-order valence-corrected chi connectivity index (χ4v) is 4.37. The molecule has 1 aliphatic carbocycles.